The fourth-order valence-electron chi connectivity index (χ4n) is 0.866. The summed E-state index contributed by atoms with van der Waals surface area (Å²) < 4.78 is 1.83. The van der Waals surface area contributed by atoms with Gasteiger partial charge in [-0.25, -0.2) is 4.52 Å². The van der Waals surface area contributed by atoms with Crippen LogP contribution in [0.1, 0.15) is 27.7 Å². The van der Waals surface area contributed by atoms with Gasteiger partial charge >= 0.3 is 0 Å². The average Bonchev–Trinajstić information content (AvgIpc) is 2.71. The number of pyridine rings is 1. The number of rotatable bonds is 0. The van der Waals surface area contributed by atoms with Gasteiger partial charge in [-0.15, -0.1) is 0 Å². The van der Waals surface area contributed by atoms with E-state index in [2.05, 4.69) is 5.10 Å². The number of hydrogen-bond acceptors (Lipinski definition) is 1. The molecule has 0 unspecified atom stereocenters. The van der Waals surface area contributed by atoms with Crippen LogP contribution in [0.5, 0.6) is 0 Å². The van der Waals surface area contributed by atoms with Crippen LogP contribution in [0.3, 0.4) is 0 Å². The zero-order chi connectivity index (χ0) is 10.1. The van der Waals surface area contributed by atoms with E-state index < -0.39 is 0 Å². The first kappa shape index (κ1) is 11.7. The van der Waals surface area contributed by atoms with Crippen molar-refractivity contribution in [3.63, 3.8) is 0 Å². The number of nitrogens with zero attached hydrogens (tertiary/aromatic N) is 2. The van der Waals surface area contributed by atoms with Crippen LogP contribution < -0.4 is 0 Å². The van der Waals surface area contributed by atoms with Crippen molar-refractivity contribution in [1.29, 1.82) is 0 Å². The van der Waals surface area contributed by atoms with Gasteiger partial charge in [0.15, 0.2) is 0 Å². The predicted octanol–water partition coefficient (Wildman–Crippen LogP) is 3.39. The van der Waals surface area contributed by atoms with Crippen molar-refractivity contribution in [2.75, 3.05) is 0 Å². The molecule has 0 radical (unpaired) electrons. The fourth-order valence-corrected chi connectivity index (χ4v) is 0.866. The molecule has 0 amide bonds. The topological polar surface area (TPSA) is 17.3 Å². The maximum Gasteiger partial charge on any atom is 0.0661 e. The minimum atomic E-state index is 1.14. The molecule has 72 valence electrons. The summed E-state index contributed by atoms with van der Waals surface area (Å²) in [6.07, 6.45) is 3.71. The third-order valence-electron chi connectivity index (χ3n) is 1.31. The molecule has 13 heavy (non-hydrogen) atoms. The van der Waals surface area contributed by atoms with Crippen molar-refractivity contribution in [2.24, 2.45) is 0 Å². The molecule has 0 fully saturated rings. The van der Waals surface area contributed by atoms with Gasteiger partial charge in [-0.3, -0.25) is 0 Å². The molecule has 0 atom stereocenters. The Kier molecular flexibility index (Phi) is 6.60. The Balaban J connectivity index is 0.000000322. The summed E-state index contributed by atoms with van der Waals surface area (Å²) in [4.78, 5) is 0. The molecule has 0 saturated heterocycles. The smallest absolute Gasteiger partial charge is 0.0661 e. The molecule has 0 spiro atoms. The van der Waals surface area contributed by atoms with Crippen molar-refractivity contribution >= 4 is 5.52 Å². The van der Waals surface area contributed by atoms with Crippen molar-refractivity contribution in [3.05, 3.63) is 36.7 Å². The molecule has 0 aliphatic rings. The third-order valence-corrected chi connectivity index (χ3v) is 1.31. The molecule has 2 aromatic heterocycles. The standard InChI is InChI=1S/C7H6N2.2C2H6/c1-2-6-9-7(3-1)4-5-8-9;2*1-2/h1-6H;2*1-2H3. The SMILES string of the molecule is CC.CC.c1ccn2nccc2c1. The summed E-state index contributed by atoms with van der Waals surface area (Å²) in [7, 11) is 0. The minimum absolute atomic E-state index is 1.14. The molecule has 2 heterocycles. The van der Waals surface area contributed by atoms with Gasteiger partial charge in [0.2, 0.25) is 0 Å². The highest BCUT2D eigenvalue weighted by Gasteiger charge is 1.85. The van der Waals surface area contributed by atoms with Gasteiger partial charge in [0.05, 0.1) is 5.52 Å². The lowest BCUT2D eigenvalue weighted by Crippen LogP contribution is -1.81. The molecular formula is C11H18N2. The second kappa shape index (κ2) is 7.35. The largest absolute Gasteiger partial charge is 0.241 e. The molecule has 0 aliphatic carbocycles. The lowest BCUT2D eigenvalue weighted by molar-refractivity contribution is 0.961. The summed E-state index contributed by atoms with van der Waals surface area (Å²) in [5, 5.41) is 4.04. The Morgan fingerprint density at radius 1 is 1.00 bits per heavy atom. The normalized spacial score (nSPS) is 8.00. The molecule has 0 aliphatic heterocycles. The van der Waals surface area contributed by atoms with Crippen LogP contribution in [0.4, 0.5) is 0 Å². The van der Waals surface area contributed by atoms with Crippen LogP contribution in [0, 0.1) is 0 Å². The van der Waals surface area contributed by atoms with Crippen LogP contribution in [0.15, 0.2) is 36.7 Å². The molecule has 2 aromatic rings. The predicted molar refractivity (Wildman–Crippen MR) is 57.9 cm³/mol. The Morgan fingerprint density at radius 2 is 1.69 bits per heavy atom. The van der Waals surface area contributed by atoms with E-state index in [1.54, 1.807) is 6.20 Å². The van der Waals surface area contributed by atoms with Gasteiger partial charge in [-0.2, -0.15) is 5.10 Å². The highest BCUT2D eigenvalue weighted by atomic mass is 15.2. The summed E-state index contributed by atoms with van der Waals surface area (Å²) in [5.41, 5.74) is 1.14. The lowest BCUT2D eigenvalue weighted by Gasteiger charge is -1.86. The summed E-state index contributed by atoms with van der Waals surface area (Å²) in [5.74, 6) is 0. The van der Waals surface area contributed by atoms with Crippen LogP contribution in [-0.4, -0.2) is 9.61 Å². The number of aromatic nitrogens is 2. The van der Waals surface area contributed by atoms with Crippen molar-refractivity contribution in [2.45, 2.75) is 27.7 Å². The van der Waals surface area contributed by atoms with Gasteiger partial charge in [-0.1, -0.05) is 33.8 Å². The van der Waals surface area contributed by atoms with E-state index in [-0.39, 0.29) is 0 Å². The van der Waals surface area contributed by atoms with E-state index in [9.17, 15) is 0 Å². The van der Waals surface area contributed by atoms with E-state index in [0.717, 1.165) is 5.52 Å². The quantitative estimate of drug-likeness (QED) is 0.604. The van der Waals surface area contributed by atoms with E-state index in [1.807, 2.05) is 62.7 Å². The molecule has 2 rings (SSSR count). The van der Waals surface area contributed by atoms with E-state index in [0.29, 0.717) is 0 Å². The first-order valence-electron chi connectivity index (χ1n) is 4.85. The van der Waals surface area contributed by atoms with Gasteiger partial charge in [-0.05, 0) is 18.2 Å². The zero-order valence-electron chi connectivity index (χ0n) is 8.86. The van der Waals surface area contributed by atoms with Gasteiger partial charge in [0.25, 0.3) is 0 Å². The number of hydrogen-bond donors (Lipinski definition) is 0. The molecular weight excluding hydrogens is 160 g/mol. The minimum Gasteiger partial charge on any atom is -0.241 e. The highest BCUT2D eigenvalue weighted by Crippen LogP contribution is 1.98. The van der Waals surface area contributed by atoms with Crippen LogP contribution in [-0.2, 0) is 0 Å². The Hall–Kier alpha value is -1.31. The molecule has 0 saturated carbocycles. The van der Waals surface area contributed by atoms with Crippen LogP contribution >= 0.6 is 0 Å². The van der Waals surface area contributed by atoms with Crippen molar-refractivity contribution < 1.29 is 0 Å². The van der Waals surface area contributed by atoms with Crippen LogP contribution in [0.2, 0.25) is 0 Å². The van der Waals surface area contributed by atoms with E-state index in [4.69, 9.17) is 0 Å². The maximum absolute atomic E-state index is 4.04. The van der Waals surface area contributed by atoms with Gasteiger partial charge in [0, 0.05) is 12.4 Å². The first-order chi connectivity index (χ1) is 6.47. The molecule has 2 heteroatoms. The number of fused-ring (bicyclic) bond motifs is 1. The Bertz CT molecular complexity index is 282. The van der Waals surface area contributed by atoms with Gasteiger partial charge in [0.1, 0.15) is 0 Å². The van der Waals surface area contributed by atoms with E-state index >= 15 is 0 Å². The average molecular weight is 178 g/mol. The monoisotopic (exact) mass is 178 g/mol. The molecule has 0 N–H and O–H groups in total. The lowest BCUT2D eigenvalue weighted by atomic mass is 10.4. The van der Waals surface area contributed by atoms with Gasteiger partial charge < -0.3 is 0 Å². The maximum atomic E-state index is 4.04. The van der Waals surface area contributed by atoms with Crippen molar-refractivity contribution in [3.8, 4) is 0 Å². The second-order valence-electron chi connectivity index (χ2n) is 1.90. The molecule has 2 nitrogen and oxygen atoms in total. The molecule has 0 aromatic carbocycles. The Labute approximate surface area is 80.2 Å². The molecule has 0 bridgehead atoms. The summed E-state index contributed by atoms with van der Waals surface area (Å²) in [6, 6.07) is 7.95. The Morgan fingerprint density at radius 3 is 2.31 bits per heavy atom. The summed E-state index contributed by atoms with van der Waals surface area (Å²) >= 11 is 0. The fraction of sp³-hybridized carbons (Fsp3) is 0.364. The van der Waals surface area contributed by atoms with Crippen molar-refractivity contribution in [1.82, 2.24) is 9.61 Å². The first-order valence-corrected chi connectivity index (χ1v) is 4.85. The zero-order valence-corrected chi connectivity index (χ0v) is 8.86. The second-order valence-corrected chi connectivity index (χ2v) is 1.90. The van der Waals surface area contributed by atoms with Crippen LogP contribution in [0.25, 0.3) is 5.52 Å². The third kappa shape index (κ3) is 3.28. The van der Waals surface area contributed by atoms with E-state index in [1.165, 1.54) is 0 Å². The highest BCUT2D eigenvalue weighted by molar-refractivity contribution is 5.44. The summed E-state index contributed by atoms with van der Waals surface area (Å²) in [6.45, 7) is 8.00.